The van der Waals surface area contributed by atoms with Crippen molar-refractivity contribution in [3.8, 4) is 0 Å². The van der Waals surface area contributed by atoms with Crippen molar-refractivity contribution in [1.29, 1.82) is 0 Å². The van der Waals surface area contributed by atoms with Gasteiger partial charge in [-0.25, -0.2) is 0 Å². The number of Topliss-reactive ketones (excluding diaryl/α,β-unsaturated/α-hetero) is 2. The van der Waals surface area contributed by atoms with Gasteiger partial charge in [-0.2, -0.15) is 0 Å². The zero-order valence-corrected chi connectivity index (χ0v) is 6.13. The Morgan fingerprint density at radius 3 is 2.00 bits per heavy atom. The van der Waals surface area contributed by atoms with Gasteiger partial charge in [0.15, 0.2) is 6.10 Å². The quantitative estimate of drug-likeness (QED) is 0.266. The predicted octanol–water partition coefficient (Wildman–Crippen LogP) is -2.49. The fourth-order valence-corrected chi connectivity index (χ4v) is 0.835. The Hall–Kier alpha value is -1.44. The number of carbonyl (C=O) groups excluding carboxylic acids is 2. The fourth-order valence-electron chi connectivity index (χ4n) is 0.835. The van der Waals surface area contributed by atoms with Crippen LogP contribution < -0.4 is 0 Å². The van der Waals surface area contributed by atoms with Crippen molar-refractivity contribution in [2.24, 2.45) is 0 Å². The molecule has 0 aromatic heterocycles. The van der Waals surface area contributed by atoms with Gasteiger partial charge in [-0.3, -0.25) is 9.59 Å². The average Bonchev–Trinajstić information content (AvgIpc) is 2.09. The molecule has 7 nitrogen and oxygen atoms in total. The highest BCUT2D eigenvalue weighted by molar-refractivity contribution is 6.14. The third kappa shape index (κ3) is 1.10. The SMILES string of the molecule is O=C1C(O)=C(O)C(=O)C(O)(O)C1O. The normalized spacial score (nSPS) is 28.1. The van der Waals surface area contributed by atoms with E-state index in [-0.39, 0.29) is 0 Å². The standard InChI is InChI=1S/C6H6O7/c7-1-2(8)4(10)6(12,13)5(11)3(1)9/h4,7,9-10,12-13H. The first-order chi connectivity index (χ1) is 5.80. The van der Waals surface area contributed by atoms with E-state index in [1.54, 1.807) is 0 Å². The van der Waals surface area contributed by atoms with E-state index in [1.807, 2.05) is 0 Å². The lowest BCUT2D eigenvalue weighted by atomic mass is 9.92. The lowest BCUT2D eigenvalue weighted by Crippen LogP contribution is -2.57. The summed E-state index contributed by atoms with van der Waals surface area (Å²) in [6, 6.07) is 0. The maximum atomic E-state index is 10.7. The molecule has 0 radical (unpaired) electrons. The highest BCUT2D eigenvalue weighted by atomic mass is 16.5. The molecule has 0 aliphatic heterocycles. The van der Waals surface area contributed by atoms with Gasteiger partial charge in [-0.05, 0) is 0 Å². The van der Waals surface area contributed by atoms with Crippen molar-refractivity contribution < 1.29 is 35.1 Å². The van der Waals surface area contributed by atoms with Gasteiger partial charge >= 0.3 is 0 Å². The number of aliphatic hydroxyl groups excluding tert-OH is 3. The summed E-state index contributed by atoms with van der Waals surface area (Å²) in [5.74, 6) is -9.48. The van der Waals surface area contributed by atoms with Crippen LogP contribution in [0.4, 0.5) is 0 Å². The molecule has 7 heteroatoms. The Morgan fingerprint density at radius 1 is 1.08 bits per heavy atom. The summed E-state index contributed by atoms with van der Waals surface area (Å²) in [6.07, 6.45) is -2.49. The third-order valence-electron chi connectivity index (χ3n) is 1.64. The Morgan fingerprint density at radius 2 is 1.54 bits per heavy atom. The van der Waals surface area contributed by atoms with E-state index in [1.165, 1.54) is 0 Å². The molecule has 0 aromatic carbocycles. The van der Waals surface area contributed by atoms with Gasteiger partial charge in [0.2, 0.25) is 17.3 Å². The third-order valence-corrected chi connectivity index (χ3v) is 1.64. The van der Waals surface area contributed by atoms with Gasteiger partial charge in [0.05, 0.1) is 0 Å². The zero-order valence-electron chi connectivity index (χ0n) is 6.13. The van der Waals surface area contributed by atoms with E-state index >= 15 is 0 Å². The fraction of sp³-hybridized carbons (Fsp3) is 0.333. The minimum atomic E-state index is -3.38. The molecule has 0 bridgehead atoms. The van der Waals surface area contributed by atoms with Gasteiger partial charge < -0.3 is 25.5 Å². The number of hydrogen-bond donors (Lipinski definition) is 5. The van der Waals surface area contributed by atoms with Crippen molar-refractivity contribution in [3.63, 3.8) is 0 Å². The zero-order chi connectivity index (χ0) is 10.4. The Kier molecular flexibility index (Phi) is 1.87. The molecule has 0 amide bonds. The van der Waals surface area contributed by atoms with Crippen LogP contribution in [0.2, 0.25) is 0 Å². The first-order valence-corrected chi connectivity index (χ1v) is 3.14. The maximum absolute atomic E-state index is 10.7. The molecule has 0 fully saturated rings. The van der Waals surface area contributed by atoms with Crippen LogP contribution in [0.1, 0.15) is 0 Å². The number of hydrogen-bond acceptors (Lipinski definition) is 7. The molecule has 1 unspecified atom stereocenters. The van der Waals surface area contributed by atoms with Crippen LogP contribution in [-0.4, -0.2) is 49.0 Å². The van der Waals surface area contributed by atoms with Crippen molar-refractivity contribution in [3.05, 3.63) is 11.5 Å². The summed E-state index contributed by atoms with van der Waals surface area (Å²) < 4.78 is 0. The molecule has 0 saturated carbocycles. The van der Waals surface area contributed by atoms with Crippen LogP contribution in [0.25, 0.3) is 0 Å². The largest absolute Gasteiger partial charge is 0.502 e. The molecule has 1 aliphatic rings. The van der Waals surface area contributed by atoms with Crippen molar-refractivity contribution >= 4 is 11.6 Å². The first kappa shape index (κ1) is 9.65. The van der Waals surface area contributed by atoms with Gasteiger partial charge in [-0.1, -0.05) is 0 Å². The number of rotatable bonds is 0. The lowest BCUT2D eigenvalue weighted by molar-refractivity contribution is -0.219. The monoisotopic (exact) mass is 190 g/mol. The van der Waals surface area contributed by atoms with E-state index < -0.39 is 35.0 Å². The maximum Gasteiger partial charge on any atom is 0.267 e. The molecule has 72 valence electrons. The van der Waals surface area contributed by atoms with Crippen molar-refractivity contribution in [1.82, 2.24) is 0 Å². The molecule has 0 aromatic rings. The minimum absolute atomic E-state index is 1.38. The summed E-state index contributed by atoms with van der Waals surface area (Å²) in [7, 11) is 0. The molecule has 0 heterocycles. The highest BCUT2D eigenvalue weighted by Crippen LogP contribution is 2.22. The molecule has 0 saturated heterocycles. The molecule has 5 N–H and O–H groups in total. The molecule has 1 atom stereocenters. The Balaban J connectivity index is 3.31. The van der Waals surface area contributed by atoms with E-state index in [0.29, 0.717) is 0 Å². The van der Waals surface area contributed by atoms with Gasteiger partial charge in [0, 0.05) is 0 Å². The van der Waals surface area contributed by atoms with E-state index in [2.05, 4.69) is 0 Å². The molecular weight excluding hydrogens is 184 g/mol. The summed E-state index contributed by atoms with van der Waals surface area (Å²) in [5.41, 5.74) is 0. The van der Waals surface area contributed by atoms with Crippen LogP contribution in [0.3, 0.4) is 0 Å². The van der Waals surface area contributed by atoms with E-state index in [4.69, 9.17) is 25.5 Å². The predicted molar refractivity (Wildman–Crippen MR) is 35.5 cm³/mol. The second-order valence-electron chi connectivity index (χ2n) is 2.52. The summed E-state index contributed by atoms with van der Waals surface area (Å²) in [4.78, 5) is 21.4. The van der Waals surface area contributed by atoms with E-state index in [9.17, 15) is 9.59 Å². The molecule has 13 heavy (non-hydrogen) atoms. The van der Waals surface area contributed by atoms with Crippen LogP contribution >= 0.6 is 0 Å². The van der Waals surface area contributed by atoms with Gasteiger partial charge in [0.1, 0.15) is 0 Å². The van der Waals surface area contributed by atoms with Gasteiger partial charge in [0.25, 0.3) is 11.6 Å². The Bertz CT molecular complexity index is 313. The molecular formula is C6H6O7. The van der Waals surface area contributed by atoms with Crippen molar-refractivity contribution in [2.75, 3.05) is 0 Å². The number of aliphatic hydroxyl groups is 5. The van der Waals surface area contributed by atoms with Gasteiger partial charge in [-0.15, -0.1) is 0 Å². The van der Waals surface area contributed by atoms with Crippen LogP contribution in [-0.2, 0) is 9.59 Å². The molecule has 0 spiro atoms. The Labute approximate surface area is 71.2 Å². The smallest absolute Gasteiger partial charge is 0.267 e. The number of carbonyl (C=O) groups is 2. The first-order valence-electron chi connectivity index (χ1n) is 3.14. The van der Waals surface area contributed by atoms with E-state index in [0.717, 1.165) is 0 Å². The van der Waals surface area contributed by atoms with Crippen LogP contribution in [0.5, 0.6) is 0 Å². The summed E-state index contributed by atoms with van der Waals surface area (Å²) in [5, 5.41) is 43.8. The second kappa shape index (κ2) is 2.52. The lowest BCUT2D eigenvalue weighted by Gasteiger charge is -2.27. The minimum Gasteiger partial charge on any atom is -0.502 e. The second-order valence-corrected chi connectivity index (χ2v) is 2.52. The van der Waals surface area contributed by atoms with Crippen LogP contribution in [0, 0.1) is 0 Å². The highest BCUT2D eigenvalue weighted by Gasteiger charge is 2.53. The molecule has 1 aliphatic carbocycles. The number of ketones is 2. The molecule has 1 rings (SSSR count). The average molecular weight is 190 g/mol. The van der Waals surface area contributed by atoms with Crippen molar-refractivity contribution in [2.45, 2.75) is 11.9 Å². The van der Waals surface area contributed by atoms with Crippen LogP contribution in [0.15, 0.2) is 11.5 Å². The summed E-state index contributed by atoms with van der Waals surface area (Å²) in [6.45, 7) is 0. The summed E-state index contributed by atoms with van der Waals surface area (Å²) >= 11 is 0. The topological polar surface area (TPSA) is 135 Å².